The van der Waals surface area contributed by atoms with E-state index in [2.05, 4.69) is 47.4 Å². The predicted molar refractivity (Wildman–Crippen MR) is 114 cm³/mol. The van der Waals surface area contributed by atoms with Gasteiger partial charge in [-0.05, 0) is 50.9 Å². The van der Waals surface area contributed by atoms with Crippen LogP contribution in [0.5, 0.6) is 17.4 Å². The zero-order chi connectivity index (χ0) is 21.7. The van der Waals surface area contributed by atoms with Crippen LogP contribution in [0.3, 0.4) is 0 Å². The van der Waals surface area contributed by atoms with Crippen molar-refractivity contribution >= 4 is 44.0 Å². The van der Waals surface area contributed by atoms with E-state index >= 15 is 0 Å². The number of ether oxygens (including phenoxy) is 4. The molecule has 30 heavy (non-hydrogen) atoms. The van der Waals surface area contributed by atoms with Gasteiger partial charge in [0.15, 0.2) is 18.1 Å². The predicted octanol–water partition coefficient (Wildman–Crippen LogP) is 3.19. The third-order valence-corrected chi connectivity index (χ3v) is 5.73. The lowest BCUT2D eigenvalue weighted by atomic mass is 10.1. The first-order valence-electron chi connectivity index (χ1n) is 8.56. The molecule has 1 N–H and O–H groups in total. The zero-order valence-corrected chi connectivity index (χ0v) is 19.2. The van der Waals surface area contributed by atoms with Crippen LogP contribution in [0.1, 0.15) is 22.4 Å². The molecule has 156 valence electrons. The highest BCUT2D eigenvalue weighted by Crippen LogP contribution is 2.36. The van der Waals surface area contributed by atoms with E-state index in [-0.39, 0.29) is 31.5 Å². The fourth-order valence-corrected chi connectivity index (χ4v) is 3.41. The summed E-state index contributed by atoms with van der Waals surface area (Å²) in [5.41, 5.74) is 4.49. The highest BCUT2D eigenvalue weighted by Gasteiger charge is 2.19. The third-order valence-electron chi connectivity index (χ3n) is 3.99. The quantitative estimate of drug-likeness (QED) is 0.424. The number of fused-ring (bicyclic) bond motifs is 1. The molecular weight excluding hydrogens is 524 g/mol. The average Bonchev–Trinajstić information content (AvgIpc) is 3.17. The number of hydrogen-bond acceptors (Lipinski definition) is 8. The third kappa shape index (κ3) is 4.89. The molecule has 1 aliphatic heterocycles. The van der Waals surface area contributed by atoms with Gasteiger partial charge in [-0.25, -0.2) is 10.4 Å². The highest BCUT2D eigenvalue weighted by atomic mass is 79.9. The Bertz CT molecular complexity index is 1050. The molecule has 0 spiro atoms. The summed E-state index contributed by atoms with van der Waals surface area (Å²) in [6.45, 7) is 1.75. The van der Waals surface area contributed by atoms with Crippen molar-refractivity contribution in [2.45, 2.75) is 13.5 Å². The fourth-order valence-electron chi connectivity index (χ4n) is 2.59. The van der Waals surface area contributed by atoms with E-state index in [1.807, 2.05) is 6.07 Å². The molecule has 1 amide bonds. The molecule has 0 atom stereocenters. The van der Waals surface area contributed by atoms with Gasteiger partial charge in [-0.2, -0.15) is 10.4 Å². The molecule has 11 heteroatoms. The van der Waals surface area contributed by atoms with Crippen LogP contribution >= 0.6 is 31.9 Å². The van der Waals surface area contributed by atoms with Crippen molar-refractivity contribution in [1.29, 1.82) is 5.26 Å². The van der Waals surface area contributed by atoms with E-state index in [9.17, 15) is 10.1 Å². The van der Waals surface area contributed by atoms with Crippen LogP contribution < -0.4 is 19.6 Å². The minimum Gasteiger partial charge on any atom is -0.467 e. The van der Waals surface area contributed by atoms with Crippen LogP contribution in [0.15, 0.2) is 26.2 Å². The van der Waals surface area contributed by atoms with Crippen LogP contribution in [-0.2, 0) is 16.1 Å². The van der Waals surface area contributed by atoms with Gasteiger partial charge in [0.1, 0.15) is 11.6 Å². The maximum Gasteiger partial charge on any atom is 0.278 e. The van der Waals surface area contributed by atoms with E-state index in [1.165, 1.54) is 13.3 Å². The minimum atomic E-state index is -0.511. The molecule has 2 heterocycles. The molecule has 0 saturated heterocycles. The second-order valence-corrected chi connectivity index (χ2v) is 7.67. The van der Waals surface area contributed by atoms with Gasteiger partial charge in [0.05, 0.1) is 18.5 Å². The van der Waals surface area contributed by atoms with Gasteiger partial charge in [0.2, 0.25) is 12.7 Å². The number of aryl methyl sites for hydroxylation is 1. The van der Waals surface area contributed by atoms with Gasteiger partial charge in [-0.15, -0.1) is 0 Å². The molecule has 0 unspecified atom stereocenters. The average molecular weight is 540 g/mol. The number of carbonyl (C=O) groups excluding carboxylic acids is 1. The molecule has 1 aromatic carbocycles. The van der Waals surface area contributed by atoms with Gasteiger partial charge in [0, 0.05) is 27.2 Å². The standard InChI is InChI=1S/C19H16Br2N4O5/c1-10-18(21)13(7-27-2)12(5-22)19(24-10)28-8-17(26)25-23-6-11-3-15-16(4-14(11)20)30-9-29-15/h3-4,6H,7-9H2,1-2H3,(H,25,26)/b23-6+. The maximum absolute atomic E-state index is 12.1. The number of halogens is 2. The number of nitrogens with one attached hydrogen (secondary N) is 1. The summed E-state index contributed by atoms with van der Waals surface area (Å²) in [7, 11) is 1.52. The molecule has 9 nitrogen and oxygen atoms in total. The largest absolute Gasteiger partial charge is 0.467 e. The van der Waals surface area contributed by atoms with Crippen LogP contribution in [-0.4, -0.2) is 37.6 Å². The van der Waals surface area contributed by atoms with E-state index in [4.69, 9.17) is 18.9 Å². The van der Waals surface area contributed by atoms with Crippen molar-refractivity contribution in [3.05, 3.63) is 43.5 Å². The SMILES string of the molecule is COCc1c(Br)c(C)nc(OCC(=O)N/N=C/c2cc3c(cc2Br)OCO3)c1C#N. The summed E-state index contributed by atoms with van der Waals surface area (Å²) >= 11 is 6.81. The second kappa shape index (κ2) is 9.88. The summed E-state index contributed by atoms with van der Waals surface area (Å²) in [4.78, 5) is 16.3. The van der Waals surface area contributed by atoms with Crippen molar-refractivity contribution < 1.29 is 23.7 Å². The Morgan fingerprint density at radius 3 is 2.83 bits per heavy atom. The summed E-state index contributed by atoms with van der Waals surface area (Å²) < 4.78 is 22.6. The smallest absolute Gasteiger partial charge is 0.278 e. The Morgan fingerprint density at radius 1 is 1.40 bits per heavy atom. The molecule has 0 saturated carbocycles. The summed E-state index contributed by atoms with van der Waals surface area (Å²) in [6, 6.07) is 5.55. The lowest BCUT2D eigenvalue weighted by Crippen LogP contribution is -2.25. The van der Waals surface area contributed by atoms with Crippen LogP contribution in [0.4, 0.5) is 0 Å². The summed E-state index contributed by atoms with van der Waals surface area (Å²) in [5, 5.41) is 13.4. The van der Waals surface area contributed by atoms with Crippen LogP contribution in [0.25, 0.3) is 0 Å². The van der Waals surface area contributed by atoms with Crippen molar-refractivity contribution in [3.63, 3.8) is 0 Å². The number of hydrogen-bond donors (Lipinski definition) is 1. The molecule has 3 rings (SSSR count). The number of pyridine rings is 1. The van der Waals surface area contributed by atoms with Crippen molar-refractivity contribution in [2.24, 2.45) is 5.10 Å². The molecule has 2 aromatic rings. The van der Waals surface area contributed by atoms with Gasteiger partial charge < -0.3 is 18.9 Å². The number of nitriles is 1. The Hall–Kier alpha value is -2.68. The number of aromatic nitrogens is 1. The maximum atomic E-state index is 12.1. The van der Waals surface area contributed by atoms with Crippen molar-refractivity contribution in [2.75, 3.05) is 20.5 Å². The lowest BCUT2D eigenvalue weighted by Gasteiger charge is -2.13. The van der Waals surface area contributed by atoms with Gasteiger partial charge >= 0.3 is 0 Å². The Balaban J connectivity index is 1.64. The van der Waals surface area contributed by atoms with Crippen LogP contribution in [0, 0.1) is 18.3 Å². The Morgan fingerprint density at radius 2 is 2.13 bits per heavy atom. The van der Waals surface area contributed by atoms with E-state index in [0.717, 1.165) is 4.47 Å². The second-order valence-electron chi connectivity index (χ2n) is 6.02. The minimum absolute atomic E-state index is 0.0582. The molecule has 0 fully saturated rings. The number of hydrazone groups is 1. The topological polar surface area (TPSA) is 115 Å². The fraction of sp³-hybridized carbons (Fsp3) is 0.263. The molecular formula is C19H16Br2N4O5. The van der Waals surface area contributed by atoms with E-state index in [1.54, 1.807) is 19.1 Å². The van der Waals surface area contributed by atoms with E-state index in [0.29, 0.717) is 32.8 Å². The highest BCUT2D eigenvalue weighted by molar-refractivity contribution is 9.10. The zero-order valence-electron chi connectivity index (χ0n) is 16.0. The van der Waals surface area contributed by atoms with Crippen molar-refractivity contribution in [3.8, 4) is 23.4 Å². The normalized spacial score (nSPS) is 12.1. The number of carbonyl (C=O) groups is 1. The first kappa shape index (κ1) is 22.0. The van der Waals surface area contributed by atoms with Gasteiger partial charge in [-0.3, -0.25) is 4.79 Å². The first-order chi connectivity index (χ1) is 14.4. The Labute approximate surface area is 189 Å². The number of benzene rings is 1. The summed E-state index contributed by atoms with van der Waals surface area (Å²) in [5.74, 6) is 0.780. The van der Waals surface area contributed by atoms with Crippen LogP contribution in [0.2, 0.25) is 0 Å². The number of rotatable bonds is 7. The number of nitrogens with zero attached hydrogens (tertiary/aromatic N) is 3. The molecule has 0 bridgehead atoms. The van der Waals surface area contributed by atoms with E-state index < -0.39 is 5.91 Å². The Kier molecular flexibility index (Phi) is 7.25. The molecule has 0 radical (unpaired) electrons. The van der Waals surface area contributed by atoms with Gasteiger partial charge in [0.25, 0.3) is 5.91 Å². The lowest BCUT2D eigenvalue weighted by molar-refractivity contribution is -0.123. The monoisotopic (exact) mass is 538 g/mol. The molecule has 1 aliphatic rings. The molecule has 0 aliphatic carbocycles. The van der Waals surface area contributed by atoms with Gasteiger partial charge in [-0.1, -0.05) is 0 Å². The molecule has 1 aromatic heterocycles. The number of amides is 1. The summed E-state index contributed by atoms with van der Waals surface area (Å²) in [6.07, 6.45) is 1.46. The van der Waals surface area contributed by atoms with Crippen molar-refractivity contribution in [1.82, 2.24) is 10.4 Å². The number of methoxy groups -OCH3 is 1. The first-order valence-corrected chi connectivity index (χ1v) is 10.1.